The Morgan fingerprint density at radius 1 is 1.38 bits per heavy atom. The van der Waals surface area contributed by atoms with Gasteiger partial charge >= 0.3 is 6.18 Å². The normalized spacial score (nSPS) is 12.7. The van der Waals surface area contributed by atoms with Gasteiger partial charge in [-0.2, -0.15) is 13.2 Å². The van der Waals surface area contributed by atoms with Crippen LogP contribution in [-0.4, -0.2) is 35.8 Å². The van der Waals surface area contributed by atoms with Crippen molar-refractivity contribution >= 4 is 22.6 Å². The van der Waals surface area contributed by atoms with Gasteiger partial charge in [-0.15, -0.1) is 0 Å². The lowest BCUT2D eigenvalue weighted by Gasteiger charge is -2.22. The highest BCUT2D eigenvalue weighted by atomic mass is 19.4. The summed E-state index contributed by atoms with van der Waals surface area (Å²) in [5, 5.41) is 12.3. The van der Waals surface area contributed by atoms with Gasteiger partial charge in [-0.3, -0.25) is 0 Å². The number of para-hydroxylation sites is 1. The number of amidine groups is 1. The largest absolute Gasteiger partial charge is 0.409 e. The van der Waals surface area contributed by atoms with E-state index in [9.17, 15) is 13.2 Å². The molecule has 0 spiro atoms. The summed E-state index contributed by atoms with van der Waals surface area (Å²) >= 11 is 0. The smallest absolute Gasteiger partial charge is 0.405 e. The molecule has 0 saturated carbocycles. The third-order valence-electron chi connectivity index (χ3n) is 2.87. The molecular formula is C13H13F3N4O. The molecule has 0 fully saturated rings. The first-order chi connectivity index (χ1) is 9.81. The Morgan fingerprint density at radius 3 is 2.67 bits per heavy atom. The van der Waals surface area contributed by atoms with Crippen molar-refractivity contribution in [2.45, 2.75) is 6.18 Å². The lowest BCUT2D eigenvalue weighted by Crippen LogP contribution is -2.33. The number of rotatable bonds is 3. The van der Waals surface area contributed by atoms with Gasteiger partial charge in [0, 0.05) is 12.4 Å². The van der Waals surface area contributed by atoms with Crippen molar-refractivity contribution in [2.24, 2.45) is 10.9 Å². The highest BCUT2D eigenvalue weighted by molar-refractivity contribution is 6.04. The molecule has 112 valence electrons. The minimum atomic E-state index is -4.38. The Bertz CT molecular complexity index is 685. The van der Waals surface area contributed by atoms with E-state index in [1.165, 1.54) is 7.05 Å². The summed E-state index contributed by atoms with van der Waals surface area (Å²) in [5.41, 5.74) is 6.21. The van der Waals surface area contributed by atoms with Gasteiger partial charge in [-0.1, -0.05) is 23.4 Å². The summed E-state index contributed by atoms with van der Waals surface area (Å²) in [6.07, 6.45) is -4.38. The number of hydrogen-bond donors (Lipinski definition) is 2. The van der Waals surface area contributed by atoms with Crippen LogP contribution in [-0.2, 0) is 0 Å². The van der Waals surface area contributed by atoms with Crippen molar-refractivity contribution in [1.29, 1.82) is 0 Å². The van der Waals surface area contributed by atoms with Crippen LogP contribution in [0.15, 0.2) is 35.5 Å². The summed E-state index contributed by atoms with van der Waals surface area (Å²) in [6.45, 7) is -1.19. The van der Waals surface area contributed by atoms with E-state index in [-0.39, 0.29) is 17.2 Å². The topological polar surface area (TPSA) is 74.7 Å². The van der Waals surface area contributed by atoms with Gasteiger partial charge in [0.25, 0.3) is 0 Å². The van der Waals surface area contributed by atoms with Crippen LogP contribution in [0.5, 0.6) is 0 Å². The monoisotopic (exact) mass is 298 g/mol. The molecule has 0 saturated heterocycles. The standard InChI is InChI=1S/C13H13F3N4O/c1-20(7-13(14,15)16)12-9(11(17)19-21)6-8-4-2-3-5-10(8)18-12/h2-6,21H,7H2,1H3,(H2,17,19). The van der Waals surface area contributed by atoms with Crippen LogP contribution in [0.25, 0.3) is 10.9 Å². The van der Waals surface area contributed by atoms with E-state index in [0.717, 1.165) is 4.90 Å². The average molecular weight is 298 g/mol. The average Bonchev–Trinajstić information content (AvgIpc) is 2.43. The van der Waals surface area contributed by atoms with Gasteiger partial charge in [0.2, 0.25) is 0 Å². The SMILES string of the molecule is CN(CC(F)(F)F)c1nc2ccccc2cc1C(N)=NO. The molecule has 2 aromatic rings. The highest BCUT2D eigenvalue weighted by Gasteiger charge is 2.31. The predicted octanol–water partition coefficient (Wildman–Crippen LogP) is 2.33. The Labute approximate surface area is 118 Å². The van der Waals surface area contributed by atoms with Crippen LogP contribution in [0.1, 0.15) is 5.56 Å². The zero-order valence-electron chi connectivity index (χ0n) is 11.1. The predicted molar refractivity (Wildman–Crippen MR) is 73.6 cm³/mol. The fourth-order valence-electron chi connectivity index (χ4n) is 1.98. The molecule has 0 aliphatic rings. The maximum Gasteiger partial charge on any atom is 0.405 e. The number of nitrogens with two attached hydrogens (primary N) is 1. The van der Waals surface area contributed by atoms with Crippen LogP contribution >= 0.6 is 0 Å². The summed E-state index contributed by atoms with van der Waals surface area (Å²) in [4.78, 5) is 5.10. The summed E-state index contributed by atoms with van der Waals surface area (Å²) in [5.74, 6) is -0.293. The Kier molecular flexibility index (Phi) is 3.88. The van der Waals surface area contributed by atoms with Crippen LogP contribution in [0.2, 0.25) is 0 Å². The lowest BCUT2D eigenvalue weighted by molar-refractivity contribution is -0.119. The lowest BCUT2D eigenvalue weighted by atomic mass is 10.1. The third kappa shape index (κ3) is 3.33. The molecule has 0 aliphatic heterocycles. The third-order valence-corrected chi connectivity index (χ3v) is 2.87. The molecule has 5 nitrogen and oxygen atoms in total. The van der Waals surface area contributed by atoms with Gasteiger partial charge in [0.1, 0.15) is 12.4 Å². The maximum atomic E-state index is 12.5. The Balaban J connectivity index is 2.58. The Hall–Kier alpha value is -2.51. The number of aromatic nitrogens is 1. The number of benzene rings is 1. The zero-order chi connectivity index (χ0) is 15.6. The molecule has 3 N–H and O–H groups in total. The second-order valence-corrected chi connectivity index (χ2v) is 4.51. The molecule has 1 aromatic carbocycles. The van der Waals surface area contributed by atoms with E-state index in [1.807, 2.05) is 0 Å². The number of pyridine rings is 1. The number of halogens is 3. The fraction of sp³-hybridized carbons (Fsp3) is 0.231. The molecule has 21 heavy (non-hydrogen) atoms. The van der Waals surface area contributed by atoms with Crippen molar-refractivity contribution in [1.82, 2.24) is 4.98 Å². The minimum absolute atomic E-state index is 0.00123. The van der Waals surface area contributed by atoms with Crippen molar-refractivity contribution in [3.8, 4) is 0 Å². The number of alkyl halides is 3. The molecular weight excluding hydrogens is 285 g/mol. The van der Waals surface area contributed by atoms with Crippen molar-refractivity contribution in [2.75, 3.05) is 18.5 Å². The van der Waals surface area contributed by atoms with Gasteiger partial charge in [-0.25, -0.2) is 4.98 Å². The van der Waals surface area contributed by atoms with Gasteiger partial charge in [0.15, 0.2) is 5.84 Å². The highest BCUT2D eigenvalue weighted by Crippen LogP contribution is 2.25. The van der Waals surface area contributed by atoms with Crippen molar-refractivity contribution < 1.29 is 18.4 Å². The van der Waals surface area contributed by atoms with Crippen LogP contribution in [0.3, 0.4) is 0 Å². The molecule has 1 heterocycles. The number of nitrogens with zero attached hydrogens (tertiary/aromatic N) is 3. The second kappa shape index (κ2) is 5.47. The number of fused-ring (bicyclic) bond motifs is 1. The van der Waals surface area contributed by atoms with E-state index in [2.05, 4.69) is 10.1 Å². The van der Waals surface area contributed by atoms with Crippen LogP contribution in [0, 0.1) is 0 Å². The molecule has 0 radical (unpaired) electrons. The maximum absolute atomic E-state index is 12.5. The fourth-order valence-corrected chi connectivity index (χ4v) is 1.98. The first-order valence-corrected chi connectivity index (χ1v) is 5.97. The van der Waals surface area contributed by atoms with E-state index in [4.69, 9.17) is 10.9 Å². The molecule has 0 unspecified atom stereocenters. The van der Waals surface area contributed by atoms with E-state index < -0.39 is 12.7 Å². The quantitative estimate of drug-likeness (QED) is 0.395. The van der Waals surface area contributed by atoms with E-state index in [1.54, 1.807) is 30.3 Å². The first-order valence-electron chi connectivity index (χ1n) is 5.97. The number of anilines is 1. The summed E-state index contributed by atoms with van der Waals surface area (Å²) in [6, 6.07) is 8.45. The van der Waals surface area contributed by atoms with Crippen LogP contribution in [0.4, 0.5) is 19.0 Å². The van der Waals surface area contributed by atoms with E-state index in [0.29, 0.717) is 10.9 Å². The summed E-state index contributed by atoms with van der Waals surface area (Å²) < 4.78 is 37.6. The molecule has 1 aromatic heterocycles. The van der Waals surface area contributed by atoms with Gasteiger partial charge < -0.3 is 15.8 Å². The molecule has 0 atom stereocenters. The van der Waals surface area contributed by atoms with E-state index >= 15 is 0 Å². The molecule has 2 rings (SSSR count). The molecule has 8 heteroatoms. The minimum Gasteiger partial charge on any atom is -0.409 e. The molecule has 0 aliphatic carbocycles. The van der Waals surface area contributed by atoms with Crippen LogP contribution < -0.4 is 10.6 Å². The number of oxime groups is 1. The first kappa shape index (κ1) is 14.9. The van der Waals surface area contributed by atoms with Crippen molar-refractivity contribution in [3.63, 3.8) is 0 Å². The summed E-state index contributed by atoms with van der Waals surface area (Å²) in [7, 11) is 1.25. The second-order valence-electron chi connectivity index (χ2n) is 4.51. The number of hydrogen-bond acceptors (Lipinski definition) is 4. The zero-order valence-corrected chi connectivity index (χ0v) is 11.1. The molecule has 0 amide bonds. The van der Waals surface area contributed by atoms with Gasteiger partial charge in [-0.05, 0) is 12.1 Å². The van der Waals surface area contributed by atoms with Gasteiger partial charge in [0.05, 0.1) is 11.1 Å². The molecule has 0 bridgehead atoms. The Morgan fingerprint density at radius 2 is 2.05 bits per heavy atom. The van der Waals surface area contributed by atoms with Crippen molar-refractivity contribution in [3.05, 3.63) is 35.9 Å².